The van der Waals surface area contributed by atoms with Crippen LogP contribution < -0.4 is 10.6 Å². The molecule has 1 rings (SSSR count). The van der Waals surface area contributed by atoms with Crippen LogP contribution in [-0.2, 0) is 9.53 Å². The molecule has 2 N–H and O–H groups in total. The van der Waals surface area contributed by atoms with Crippen LogP contribution >= 0.6 is 0 Å². The summed E-state index contributed by atoms with van der Waals surface area (Å²) in [5.74, 6) is 0.000929. The number of nitrogens with one attached hydrogen (secondary N) is 2. The number of carbonyl (C=O) groups is 1. The molecule has 0 saturated carbocycles. The molecule has 0 radical (unpaired) electrons. The van der Waals surface area contributed by atoms with E-state index in [9.17, 15) is 4.79 Å². The van der Waals surface area contributed by atoms with Gasteiger partial charge in [0.15, 0.2) is 0 Å². The number of amides is 1. The Balaban J connectivity index is 2.43. The zero-order valence-electron chi connectivity index (χ0n) is 8.75. The van der Waals surface area contributed by atoms with Crippen molar-refractivity contribution in [2.45, 2.75) is 25.5 Å². The summed E-state index contributed by atoms with van der Waals surface area (Å²) >= 11 is 0. The van der Waals surface area contributed by atoms with E-state index in [0.29, 0.717) is 19.6 Å². The van der Waals surface area contributed by atoms with E-state index in [0.717, 1.165) is 0 Å². The molecule has 0 bridgehead atoms. The van der Waals surface area contributed by atoms with E-state index in [1.807, 2.05) is 26.1 Å². The second kappa shape index (κ2) is 5.78. The van der Waals surface area contributed by atoms with Gasteiger partial charge in [0.25, 0.3) is 0 Å². The Morgan fingerprint density at radius 1 is 1.79 bits per heavy atom. The van der Waals surface area contributed by atoms with Crippen molar-refractivity contribution in [3.63, 3.8) is 0 Å². The maximum atomic E-state index is 11.4. The zero-order valence-corrected chi connectivity index (χ0v) is 8.75. The number of rotatable bonds is 4. The molecule has 80 valence electrons. The van der Waals surface area contributed by atoms with Gasteiger partial charge in [-0.2, -0.15) is 0 Å². The van der Waals surface area contributed by atoms with Crippen LogP contribution in [0.5, 0.6) is 0 Å². The summed E-state index contributed by atoms with van der Waals surface area (Å²) in [6.45, 7) is 3.21. The Labute approximate surface area is 84.7 Å². The number of morpholine rings is 1. The third-order valence-electron chi connectivity index (χ3n) is 2.28. The summed E-state index contributed by atoms with van der Waals surface area (Å²) in [6, 6.07) is 0.203. The van der Waals surface area contributed by atoms with Crippen LogP contribution in [-0.4, -0.2) is 38.3 Å². The van der Waals surface area contributed by atoms with E-state index < -0.39 is 0 Å². The molecule has 2 atom stereocenters. The van der Waals surface area contributed by atoms with Gasteiger partial charge in [0.2, 0.25) is 5.91 Å². The first kappa shape index (κ1) is 11.2. The van der Waals surface area contributed by atoms with Crippen molar-refractivity contribution in [1.29, 1.82) is 0 Å². The molecule has 2 unspecified atom stereocenters. The number of hydrogen-bond acceptors (Lipinski definition) is 3. The molecule has 1 aliphatic rings. The maximum Gasteiger partial charge on any atom is 0.249 e. The molecule has 0 aromatic heterocycles. The van der Waals surface area contributed by atoms with Gasteiger partial charge in [-0.1, -0.05) is 12.2 Å². The largest absolute Gasteiger partial charge is 0.366 e. The highest BCUT2D eigenvalue weighted by Crippen LogP contribution is 2.07. The average molecular weight is 198 g/mol. The first-order chi connectivity index (χ1) is 6.77. The lowest BCUT2D eigenvalue weighted by Gasteiger charge is -2.25. The minimum atomic E-state index is -0.308. The van der Waals surface area contributed by atoms with E-state index >= 15 is 0 Å². The molecule has 1 heterocycles. The fourth-order valence-corrected chi connectivity index (χ4v) is 1.50. The van der Waals surface area contributed by atoms with Crippen LogP contribution in [0.1, 0.15) is 13.3 Å². The second-order valence-corrected chi connectivity index (χ2v) is 3.31. The van der Waals surface area contributed by atoms with E-state index in [2.05, 4.69) is 10.6 Å². The number of ether oxygens (including phenoxy) is 1. The highest BCUT2D eigenvalue weighted by Gasteiger charge is 2.24. The molecule has 0 spiro atoms. The Morgan fingerprint density at radius 3 is 3.14 bits per heavy atom. The van der Waals surface area contributed by atoms with Gasteiger partial charge < -0.3 is 15.4 Å². The molecular weight excluding hydrogens is 180 g/mol. The fraction of sp³-hybridized carbons (Fsp3) is 0.700. The molecule has 1 amide bonds. The standard InChI is InChI=1S/C10H18N2O2/c1-3-4-8(11-2)7-9-10(13)12-5-6-14-9/h3-4,8-9,11H,5-7H2,1-2H3,(H,12,13)/b4-3+. The van der Waals surface area contributed by atoms with Crippen LogP contribution in [0.2, 0.25) is 0 Å². The van der Waals surface area contributed by atoms with Gasteiger partial charge in [-0.25, -0.2) is 0 Å². The quantitative estimate of drug-likeness (QED) is 0.628. The minimum Gasteiger partial charge on any atom is -0.366 e. The summed E-state index contributed by atoms with van der Waals surface area (Å²) in [5, 5.41) is 5.91. The topological polar surface area (TPSA) is 50.4 Å². The minimum absolute atomic E-state index is 0.000929. The Kier molecular flexibility index (Phi) is 4.62. The van der Waals surface area contributed by atoms with Crippen molar-refractivity contribution < 1.29 is 9.53 Å². The molecule has 1 aliphatic heterocycles. The van der Waals surface area contributed by atoms with Crippen LogP contribution in [0, 0.1) is 0 Å². The van der Waals surface area contributed by atoms with Crippen LogP contribution in [0.3, 0.4) is 0 Å². The van der Waals surface area contributed by atoms with E-state index in [-0.39, 0.29) is 18.1 Å². The lowest BCUT2D eigenvalue weighted by atomic mass is 10.1. The van der Waals surface area contributed by atoms with Gasteiger partial charge in [-0.05, 0) is 14.0 Å². The van der Waals surface area contributed by atoms with Crippen LogP contribution in [0.4, 0.5) is 0 Å². The van der Waals surface area contributed by atoms with Gasteiger partial charge in [-0.15, -0.1) is 0 Å². The summed E-state index contributed by atoms with van der Waals surface area (Å²) in [4.78, 5) is 11.4. The van der Waals surface area contributed by atoms with Crippen molar-refractivity contribution in [2.75, 3.05) is 20.2 Å². The van der Waals surface area contributed by atoms with Gasteiger partial charge in [0.05, 0.1) is 6.61 Å². The zero-order chi connectivity index (χ0) is 10.4. The Hall–Kier alpha value is -0.870. The smallest absolute Gasteiger partial charge is 0.249 e. The number of likely N-dealkylation sites (N-methyl/N-ethyl adjacent to an activating group) is 1. The van der Waals surface area contributed by atoms with Gasteiger partial charge >= 0.3 is 0 Å². The molecule has 14 heavy (non-hydrogen) atoms. The number of hydrogen-bond donors (Lipinski definition) is 2. The third-order valence-corrected chi connectivity index (χ3v) is 2.28. The lowest BCUT2D eigenvalue weighted by Crippen LogP contribution is -2.46. The molecular formula is C10H18N2O2. The second-order valence-electron chi connectivity index (χ2n) is 3.31. The van der Waals surface area contributed by atoms with Crippen molar-refractivity contribution in [1.82, 2.24) is 10.6 Å². The molecule has 4 nitrogen and oxygen atoms in total. The normalized spacial score (nSPS) is 25.0. The number of allylic oxidation sites excluding steroid dienone is 1. The summed E-state index contributed by atoms with van der Waals surface area (Å²) in [7, 11) is 1.88. The molecule has 1 saturated heterocycles. The molecule has 0 aromatic carbocycles. The van der Waals surface area contributed by atoms with Crippen molar-refractivity contribution in [3.05, 3.63) is 12.2 Å². The predicted molar refractivity (Wildman–Crippen MR) is 55.0 cm³/mol. The maximum absolute atomic E-state index is 11.4. The summed E-state index contributed by atoms with van der Waals surface area (Å²) in [5.41, 5.74) is 0. The summed E-state index contributed by atoms with van der Waals surface area (Å²) < 4.78 is 5.38. The highest BCUT2D eigenvalue weighted by molar-refractivity contribution is 5.81. The Morgan fingerprint density at radius 2 is 2.57 bits per heavy atom. The first-order valence-electron chi connectivity index (χ1n) is 4.97. The molecule has 0 aromatic rings. The third kappa shape index (κ3) is 3.12. The molecule has 1 fully saturated rings. The first-order valence-corrected chi connectivity index (χ1v) is 4.97. The van der Waals surface area contributed by atoms with E-state index in [1.165, 1.54) is 0 Å². The average Bonchev–Trinajstić information content (AvgIpc) is 2.20. The van der Waals surface area contributed by atoms with Gasteiger partial charge in [0, 0.05) is 19.0 Å². The molecule has 4 heteroatoms. The van der Waals surface area contributed by atoms with Crippen molar-refractivity contribution >= 4 is 5.91 Å². The van der Waals surface area contributed by atoms with Crippen molar-refractivity contribution in [3.8, 4) is 0 Å². The van der Waals surface area contributed by atoms with Crippen LogP contribution in [0.15, 0.2) is 12.2 Å². The fourth-order valence-electron chi connectivity index (χ4n) is 1.50. The SMILES string of the molecule is C/C=C/C(CC1OCCNC1=O)NC. The Bertz CT molecular complexity index is 216. The highest BCUT2D eigenvalue weighted by atomic mass is 16.5. The van der Waals surface area contributed by atoms with Gasteiger partial charge in [0.1, 0.15) is 6.10 Å². The monoisotopic (exact) mass is 198 g/mol. The van der Waals surface area contributed by atoms with E-state index in [4.69, 9.17) is 4.74 Å². The molecule has 0 aliphatic carbocycles. The predicted octanol–water partition coefficient (Wildman–Crippen LogP) is 0.0556. The lowest BCUT2D eigenvalue weighted by molar-refractivity contribution is -0.138. The van der Waals surface area contributed by atoms with Crippen LogP contribution in [0.25, 0.3) is 0 Å². The van der Waals surface area contributed by atoms with E-state index in [1.54, 1.807) is 0 Å². The number of carbonyl (C=O) groups excluding carboxylic acids is 1. The summed E-state index contributed by atoms with van der Waals surface area (Å²) in [6.07, 6.45) is 4.39. The van der Waals surface area contributed by atoms with Gasteiger partial charge in [-0.3, -0.25) is 4.79 Å². The van der Waals surface area contributed by atoms with Crippen molar-refractivity contribution in [2.24, 2.45) is 0 Å².